The highest BCUT2D eigenvalue weighted by atomic mass is 32.2. The number of anilines is 1. The van der Waals surface area contributed by atoms with Gasteiger partial charge in [-0.25, -0.2) is 12.8 Å². The number of para-hydroxylation sites is 1. The van der Waals surface area contributed by atoms with E-state index in [1.807, 2.05) is 18.2 Å². The van der Waals surface area contributed by atoms with Crippen LogP contribution < -0.4 is 10.2 Å². The summed E-state index contributed by atoms with van der Waals surface area (Å²) in [5.74, 6) is -0.472. The molecular weight excluding hydrogens is 365 g/mol. The Bertz CT molecular complexity index is 1080. The topological polar surface area (TPSA) is 62.3 Å². The number of piperazine rings is 1. The lowest BCUT2D eigenvalue weighted by Gasteiger charge is -2.34. The Morgan fingerprint density at radius 2 is 1.93 bits per heavy atom. The molecule has 0 spiro atoms. The minimum absolute atomic E-state index is 0.0529. The van der Waals surface area contributed by atoms with Crippen molar-refractivity contribution >= 4 is 26.4 Å². The van der Waals surface area contributed by atoms with Crippen LogP contribution in [0, 0.1) is 5.82 Å². The molecule has 2 aromatic carbocycles. The van der Waals surface area contributed by atoms with Crippen molar-refractivity contribution in [1.82, 2.24) is 10.3 Å². The molecule has 1 saturated heterocycles. The minimum atomic E-state index is -3.75. The molecule has 3 aromatic rings. The van der Waals surface area contributed by atoms with Crippen LogP contribution in [0.15, 0.2) is 64.5 Å². The van der Waals surface area contributed by atoms with Gasteiger partial charge in [-0.05, 0) is 43.3 Å². The third-order valence-electron chi connectivity index (χ3n) is 4.81. The molecule has 0 radical (unpaired) electrons. The third-order valence-corrected chi connectivity index (χ3v) is 6.54. The molecule has 0 amide bonds. The molecule has 1 fully saturated rings. The largest absolute Gasteiger partial charge is 0.367 e. The standard InChI is InChI=1S/C20H20FN3O2S/c1-14-13-24(10-9-22-14)19-4-2-3-15-11-18(12-23-20(15)19)27(25,26)17-7-5-16(21)6-8-17/h2-8,11-12,14,22H,9-10,13H2,1H3/t14-/m0/s1. The summed E-state index contributed by atoms with van der Waals surface area (Å²) >= 11 is 0. The Labute approximate surface area is 157 Å². The van der Waals surface area contributed by atoms with E-state index in [-0.39, 0.29) is 9.79 Å². The normalized spacial score (nSPS) is 18.0. The summed E-state index contributed by atoms with van der Waals surface area (Å²) < 4.78 is 38.8. The highest BCUT2D eigenvalue weighted by Gasteiger charge is 2.21. The molecule has 7 heteroatoms. The number of benzene rings is 2. The molecule has 5 nitrogen and oxygen atoms in total. The lowest BCUT2D eigenvalue weighted by molar-refractivity contribution is 0.485. The Morgan fingerprint density at radius 3 is 2.67 bits per heavy atom. The molecule has 0 bridgehead atoms. The summed E-state index contributed by atoms with van der Waals surface area (Å²) in [4.78, 5) is 6.90. The van der Waals surface area contributed by atoms with Crippen molar-refractivity contribution < 1.29 is 12.8 Å². The van der Waals surface area contributed by atoms with Crippen molar-refractivity contribution in [3.05, 3.63) is 60.5 Å². The first-order valence-electron chi connectivity index (χ1n) is 8.83. The van der Waals surface area contributed by atoms with Gasteiger partial charge in [-0.2, -0.15) is 0 Å². The predicted molar refractivity (Wildman–Crippen MR) is 103 cm³/mol. The Hall–Kier alpha value is -2.51. The van der Waals surface area contributed by atoms with Crippen molar-refractivity contribution in [2.45, 2.75) is 22.8 Å². The fourth-order valence-corrected chi connectivity index (χ4v) is 4.67. The number of rotatable bonds is 3. The molecule has 1 aliphatic rings. The van der Waals surface area contributed by atoms with E-state index in [0.717, 1.165) is 48.4 Å². The van der Waals surface area contributed by atoms with Gasteiger partial charge >= 0.3 is 0 Å². The number of aromatic nitrogens is 1. The maximum absolute atomic E-state index is 13.1. The zero-order valence-electron chi connectivity index (χ0n) is 14.9. The fourth-order valence-electron chi connectivity index (χ4n) is 3.43. The molecule has 2 heterocycles. The zero-order valence-corrected chi connectivity index (χ0v) is 15.7. The van der Waals surface area contributed by atoms with Crippen LogP contribution in [-0.4, -0.2) is 39.1 Å². The Kier molecular flexibility index (Phi) is 4.57. The number of hydrogen-bond acceptors (Lipinski definition) is 5. The molecule has 1 atom stereocenters. The van der Waals surface area contributed by atoms with Gasteiger partial charge in [0.25, 0.3) is 0 Å². The number of pyridine rings is 1. The Morgan fingerprint density at radius 1 is 1.15 bits per heavy atom. The minimum Gasteiger partial charge on any atom is -0.367 e. The second-order valence-electron chi connectivity index (χ2n) is 6.78. The molecule has 4 rings (SSSR count). The van der Waals surface area contributed by atoms with Crippen LogP contribution in [0.4, 0.5) is 10.1 Å². The van der Waals surface area contributed by atoms with E-state index in [1.165, 1.54) is 18.3 Å². The molecule has 0 saturated carbocycles. The summed E-state index contributed by atoms with van der Waals surface area (Å²) in [6.45, 7) is 4.78. The average Bonchev–Trinajstić information content (AvgIpc) is 2.67. The number of nitrogens with one attached hydrogen (secondary N) is 1. The quantitative estimate of drug-likeness (QED) is 0.703. The SMILES string of the molecule is C[C@H]1CN(c2cccc3cc(S(=O)(=O)c4ccc(F)cc4)cnc23)CCN1. The summed E-state index contributed by atoms with van der Waals surface area (Å²) in [7, 11) is -3.75. The molecule has 1 N–H and O–H groups in total. The Balaban J connectivity index is 1.76. The van der Waals surface area contributed by atoms with E-state index < -0.39 is 15.7 Å². The van der Waals surface area contributed by atoms with Crippen molar-refractivity contribution in [2.75, 3.05) is 24.5 Å². The monoisotopic (exact) mass is 385 g/mol. The summed E-state index contributed by atoms with van der Waals surface area (Å²) in [6, 6.07) is 12.6. The number of hydrogen-bond donors (Lipinski definition) is 1. The average molecular weight is 385 g/mol. The van der Waals surface area contributed by atoms with Gasteiger partial charge in [-0.15, -0.1) is 0 Å². The molecule has 27 heavy (non-hydrogen) atoms. The van der Waals surface area contributed by atoms with Gasteiger partial charge < -0.3 is 10.2 Å². The van der Waals surface area contributed by atoms with Crippen molar-refractivity contribution in [3.8, 4) is 0 Å². The summed E-state index contributed by atoms with van der Waals surface area (Å²) in [5, 5.41) is 4.18. The van der Waals surface area contributed by atoms with Crippen LogP contribution in [0.25, 0.3) is 10.9 Å². The van der Waals surface area contributed by atoms with E-state index in [0.29, 0.717) is 6.04 Å². The molecule has 1 aromatic heterocycles. The number of fused-ring (bicyclic) bond motifs is 1. The van der Waals surface area contributed by atoms with Crippen molar-refractivity contribution in [1.29, 1.82) is 0 Å². The molecule has 0 aliphatic carbocycles. The van der Waals surface area contributed by atoms with E-state index in [2.05, 4.69) is 22.1 Å². The van der Waals surface area contributed by atoms with Crippen LogP contribution in [0.5, 0.6) is 0 Å². The first-order chi connectivity index (χ1) is 12.9. The van der Waals surface area contributed by atoms with Gasteiger partial charge in [0.2, 0.25) is 9.84 Å². The van der Waals surface area contributed by atoms with Gasteiger partial charge in [0, 0.05) is 37.3 Å². The fraction of sp³-hybridized carbons (Fsp3) is 0.250. The second kappa shape index (κ2) is 6.90. The number of sulfone groups is 1. The summed E-state index contributed by atoms with van der Waals surface area (Å²) in [5.41, 5.74) is 1.79. The van der Waals surface area contributed by atoms with Gasteiger partial charge in [-0.1, -0.05) is 12.1 Å². The van der Waals surface area contributed by atoms with Gasteiger partial charge in [0.05, 0.1) is 21.0 Å². The first-order valence-corrected chi connectivity index (χ1v) is 10.3. The predicted octanol–water partition coefficient (Wildman–Crippen LogP) is 3.00. The molecule has 140 valence electrons. The number of nitrogens with zero attached hydrogens (tertiary/aromatic N) is 2. The highest BCUT2D eigenvalue weighted by Crippen LogP contribution is 2.29. The van der Waals surface area contributed by atoms with E-state index in [4.69, 9.17) is 0 Å². The third kappa shape index (κ3) is 3.40. The maximum atomic E-state index is 13.1. The van der Waals surface area contributed by atoms with E-state index in [1.54, 1.807) is 6.07 Å². The van der Waals surface area contributed by atoms with Crippen LogP contribution >= 0.6 is 0 Å². The first kappa shape index (κ1) is 17.9. The highest BCUT2D eigenvalue weighted by molar-refractivity contribution is 7.91. The van der Waals surface area contributed by atoms with E-state index in [9.17, 15) is 12.8 Å². The summed E-state index contributed by atoms with van der Waals surface area (Å²) in [6.07, 6.45) is 1.39. The van der Waals surface area contributed by atoms with Crippen molar-refractivity contribution in [2.24, 2.45) is 0 Å². The van der Waals surface area contributed by atoms with Gasteiger partial charge in [0.15, 0.2) is 0 Å². The lowest BCUT2D eigenvalue weighted by Crippen LogP contribution is -2.49. The van der Waals surface area contributed by atoms with Gasteiger partial charge in [0.1, 0.15) is 5.82 Å². The second-order valence-corrected chi connectivity index (χ2v) is 8.73. The van der Waals surface area contributed by atoms with Gasteiger partial charge in [-0.3, -0.25) is 4.98 Å². The van der Waals surface area contributed by atoms with Crippen molar-refractivity contribution in [3.63, 3.8) is 0 Å². The molecular formula is C20H20FN3O2S. The number of halogens is 1. The molecule has 0 unspecified atom stereocenters. The zero-order chi connectivity index (χ0) is 19.0. The molecule has 1 aliphatic heterocycles. The van der Waals surface area contributed by atoms with Crippen LogP contribution in [0.3, 0.4) is 0 Å². The lowest BCUT2D eigenvalue weighted by atomic mass is 10.1. The van der Waals surface area contributed by atoms with Crippen LogP contribution in [0.2, 0.25) is 0 Å². The van der Waals surface area contributed by atoms with Crippen LogP contribution in [-0.2, 0) is 9.84 Å². The smallest absolute Gasteiger partial charge is 0.208 e. The maximum Gasteiger partial charge on any atom is 0.208 e. The van der Waals surface area contributed by atoms with E-state index >= 15 is 0 Å². The van der Waals surface area contributed by atoms with Crippen LogP contribution in [0.1, 0.15) is 6.92 Å².